The number of benzene rings is 2. The molecule has 1 saturated heterocycles. The zero-order chi connectivity index (χ0) is 16.9. The summed E-state index contributed by atoms with van der Waals surface area (Å²) in [6.45, 7) is 1.12. The number of halogens is 1. The Morgan fingerprint density at radius 2 is 1.75 bits per heavy atom. The lowest BCUT2D eigenvalue weighted by atomic mass is 9.77. The zero-order valence-electron chi connectivity index (χ0n) is 13.3. The topological polar surface area (TPSA) is 40.6 Å². The molecule has 2 amide bonds. The Hall–Kier alpha value is -2.33. The number of hydrogen-bond acceptors (Lipinski definition) is 2. The molecular formula is C19H17ClN2O2. The standard InChI is InChI=1S/C19H17ClN2O2/c1-21-18(24)16-5-3-2-4-14(16)10-19(21)11-22(12-19)17(23)13-6-8-15(20)9-7-13/h2-9H,10-12H2,1H3. The second-order valence-electron chi connectivity index (χ2n) is 6.59. The summed E-state index contributed by atoms with van der Waals surface area (Å²) in [5, 5.41) is 0.612. The molecule has 0 bridgehead atoms. The van der Waals surface area contributed by atoms with Gasteiger partial charge in [-0.2, -0.15) is 0 Å². The van der Waals surface area contributed by atoms with Crippen LogP contribution in [0.2, 0.25) is 5.02 Å². The van der Waals surface area contributed by atoms with Crippen LogP contribution >= 0.6 is 11.6 Å². The van der Waals surface area contributed by atoms with Gasteiger partial charge in [-0.25, -0.2) is 0 Å². The van der Waals surface area contributed by atoms with Crippen LogP contribution in [-0.2, 0) is 6.42 Å². The van der Waals surface area contributed by atoms with Crippen LogP contribution in [0.25, 0.3) is 0 Å². The Labute approximate surface area is 145 Å². The van der Waals surface area contributed by atoms with Gasteiger partial charge in [0.25, 0.3) is 11.8 Å². The number of nitrogens with zero attached hydrogens (tertiary/aromatic N) is 2. The van der Waals surface area contributed by atoms with Crippen molar-refractivity contribution >= 4 is 23.4 Å². The van der Waals surface area contributed by atoms with E-state index in [-0.39, 0.29) is 17.4 Å². The average Bonchev–Trinajstić information content (AvgIpc) is 2.56. The third-order valence-electron chi connectivity index (χ3n) is 5.13. The number of fused-ring (bicyclic) bond motifs is 1. The fourth-order valence-electron chi connectivity index (χ4n) is 3.66. The normalized spacial score (nSPS) is 18.3. The number of likely N-dealkylation sites (tertiary alicyclic amines) is 1. The molecule has 4 rings (SSSR count). The highest BCUT2D eigenvalue weighted by molar-refractivity contribution is 6.30. The van der Waals surface area contributed by atoms with Crippen LogP contribution in [0.15, 0.2) is 48.5 Å². The van der Waals surface area contributed by atoms with Gasteiger partial charge in [0.15, 0.2) is 0 Å². The molecule has 2 aromatic rings. The Balaban J connectivity index is 1.55. The summed E-state index contributed by atoms with van der Waals surface area (Å²) in [6.07, 6.45) is 0.788. The van der Waals surface area contributed by atoms with Crippen LogP contribution in [0.5, 0.6) is 0 Å². The van der Waals surface area contributed by atoms with Crippen LogP contribution in [0.3, 0.4) is 0 Å². The molecule has 0 aromatic heterocycles. The maximum Gasteiger partial charge on any atom is 0.254 e. The van der Waals surface area contributed by atoms with Crippen molar-refractivity contribution < 1.29 is 9.59 Å². The molecule has 24 heavy (non-hydrogen) atoms. The highest BCUT2D eigenvalue weighted by Gasteiger charge is 2.52. The van der Waals surface area contributed by atoms with Gasteiger partial charge in [-0.1, -0.05) is 29.8 Å². The summed E-state index contributed by atoms with van der Waals surface area (Å²) in [5.41, 5.74) is 2.18. The van der Waals surface area contributed by atoms with E-state index >= 15 is 0 Å². The minimum absolute atomic E-state index is 0.0167. The van der Waals surface area contributed by atoms with Crippen LogP contribution < -0.4 is 0 Å². The van der Waals surface area contributed by atoms with Crippen molar-refractivity contribution in [3.63, 3.8) is 0 Å². The van der Waals surface area contributed by atoms with Crippen LogP contribution in [-0.4, -0.2) is 47.3 Å². The predicted octanol–water partition coefficient (Wildman–Crippen LogP) is 2.86. The van der Waals surface area contributed by atoms with Gasteiger partial charge >= 0.3 is 0 Å². The Kier molecular flexibility index (Phi) is 3.39. The lowest BCUT2D eigenvalue weighted by molar-refractivity contribution is -0.0242. The molecule has 2 heterocycles. The highest BCUT2D eigenvalue weighted by Crippen LogP contribution is 2.37. The number of hydrogen-bond donors (Lipinski definition) is 0. The number of likely N-dealkylation sites (N-methyl/N-ethyl adjacent to an activating group) is 1. The van der Waals surface area contributed by atoms with Crippen molar-refractivity contribution in [3.8, 4) is 0 Å². The predicted molar refractivity (Wildman–Crippen MR) is 92.3 cm³/mol. The highest BCUT2D eigenvalue weighted by atomic mass is 35.5. The molecule has 0 radical (unpaired) electrons. The van der Waals surface area contributed by atoms with Crippen molar-refractivity contribution in [3.05, 3.63) is 70.2 Å². The van der Waals surface area contributed by atoms with Gasteiger partial charge in [0.2, 0.25) is 0 Å². The third-order valence-corrected chi connectivity index (χ3v) is 5.38. The number of carbonyl (C=O) groups is 2. The van der Waals surface area contributed by atoms with Crippen molar-refractivity contribution in [2.45, 2.75) is 12.0 Å². The lowest BCUT2D eigenvalue weighted by Crippen LogP contribution is -2.73. The SMILES string of the molecule is CN1C(=O)c2ccccc2CC12CN(C(=O)c1ccc(Cl)cc1)C2. The van der Waals surface area contributed by atoms with E-state index in [2.05, 4.69) is 0 Å². The van der Waals surface area contributed by atoms with E-state index < -0.39 is 0 Å². The minimum Gasteiger partial charge on any atom is -0.334 e. The van der Waals surface area contributed by atoms with E-state index in [4.69, 9.17) is 11.6 Å². The Morgan fingerprint density at radius 1 is 1.08 bits per heavy atom. The molecule has 0 saturated carbocycles. The van der Waals surface area contributed by atoms with Gasteiger partial charge in [-0.05, 0) is 42.3 Å². The molecule has 0 aliphatic carbocycles. The van der Waals surface area contributed by atoms with E-state index in [0.29, 0.717) is 23.7 Å². The van der Waals surface area contributed by atoms with E-state index in [1.165, 1.54) is 0 Å². The van der Waals surface area contributed by atoms with Gasteiger partial charge in [-0.3, -0.25) is 9.59 Å². The molecule has 1 fully saturated rings. The van der Waals surface area contributed by atoms with Gasteiger partial charge in [0.1, 0.15) is 0 Å². The maximum atomic E-state index is 12.6. The number of amides is 2. The Morgan fingerprint density at radius 3 is 2.46 bits per heavy atom. The molecule has 2 aromatic carbocycles. The molecule has 122 valence electrons. The molecule has 0 N–H and O–H groups in total. The summed E-state index contributed by atoms with van der Waals surface area (Å²) in [5.74, 6) is 0.0208. The summed E-state index contributed by atoms with van der Waals surface area (Å²) in [7, 11) is 1.84. The van der Waals surface area contributed by atoms with Crippen LogP contribution in [0, 0.1) is 0 Å². The summed E-state index contributed by atoms with van der Waals surface area (Å²) < 4.78 is 0. The summed E-state index contributed by atoms with van der Waals surface area (Å²) in [4.78, 5) is 28.8. The molecule has 0 atom stereocenters. The smallest absolute Gasteiger partial charge is 0.254 e. The second kappa shape index (κ2) is 5.35. The van der Waals surface area contributed by atoms with E-state index in [0.717, 1.165) is 17.5 Å². The van der Waals surface area contributed by atoms with Crippen LogP contribution in [0.1, 0.15) is 26.3 Å². The quantitative estimate of drug-likeness (QED) is 0.801. The molecular weight excluding hydrogens is 324 g/mol. The minimum atomic E-state index is -0.284. The molecule has 1 spiro atoms. The van der Waals surface area contributed by atoms with Crippen molar-refractivity contribution in [2.75, 3.05) is 20.1 Å². The summed E-state index contributed by atoms with van der Waals surface area (Å²) >= 11 is 5.87. The number of carbonyl (C=O) groups excluding carboxylic acids is 2. The first-order valence-electron chi connectivity index (χ1n) is 7.91. The first-order valence-corrected chi connectivity index (χ1v) is 8.29. The first kappa shape index (κ1) is 15.2. The van der Waals surface area contributed by atoms with Crippen molar-refractivity contribution in [1.82, 2.24) is 9.80 Å². The molecule has 4 nitrogen and oxygen atoms in total. The van der Waals surface area contributed by atoms with Crippen molar-refractivity contribution in [1.29, 1.82) is 0 Å². The molecule has 2 aliphatic rings. The van der Waals surface area contributed by atoms with Gasteiger partial charge in [0, 0.05) is 36.3 Å². The third kappa shape index (κ3) is 2.21. The summed E-state index contributed by atoms with van der Waals surface area (Å²) in [6, 6.07) is 14.6. The van der Waals surface area contributed by atoms with Gasteiger partial charge in [0.05, 0.1) is 5.54 Å². The molecule has 0 unspecified atom stereocenters. The van der Waals surface area contributed by atoms with Crippen LogP contribution in [0.4, 0.5) is 0 Å². The average molecular weight is 341 g/mol. The van der Waals surface area contributed by atoms with Crippen molar-refractivity contribution in [2.24, 2.45) is 0 Å². The fourth-order valence-corrected chi connectivity index (χ4v) is 3.79. The lowest BCUT2D eigenvalue weighted by Gasteiger charge is -2.56. The Bertz CT molecular complexity index is 826. The number of rotatable bonds is 1. The van der Waals surface area contributed by atoms with E-state index in [9.17, 15) is 9.59 Å². The first-order chi connectivity index (χ1) is 11.5. The zero-order valence-corrected chi connectivity index (χ0v) is 14.1. The largest absolute Gasteiger partial charge is 0.334 e. The fraction of sp³-hybridized carbons (Fsp3) is 0.263. The maximum absolute atomic E-state index is 12.6. The monoisotopic (exact) mass is 340 g/mol. The van der Waals surface area contributed by atoms with E-state index in [1.807, 2.05) is 31.3 Å². The van der Waals surface area contributed by atoms with Gasteiger partial charge < -0.3 is 9.80 Å². The molecule has 2 aliphatic heterocycles. The molecule has 5 heteroatoms. The van der Waals surface area contributed by atoms with E-state index in [1.54, 1.807) is 34.1 Å². The second-order valence-corrected chi connectivity index (χ2v) is 7.03. The van der Waals surface area contributed by atoms with Gasteiger partial charge in [-0.15, -0.1) is 0 Å².